The average Bonchev–Trinajstić information content (AvgIpc) is 2.88. The Labute approximate surface area is 247 Å². The molecule has 0 saturated carbocycles. The molecule has 42 heavy (non-hydrogen) atoms. The van der Waals surface area contributed by atoms with Gasteiger partial charge >= 0.3 is 18.0 Å². The number of hydrogen-bond donors (Lipinski definition) is 6. The molecule has 0 spiro atoms. The quantitative estimate of drug-likeness (QED) is 0.0807. The molecule has 0 fully saturated rings. The highest BCUT2D eigenvalue weighted by Gasteiger charge is 2.31. The summed E-state index contributed by atoms with van der Waals surface area (Å²) in [5.41, 5.74) is 4.99. The molecule has 0 aliphatic heterocycles. The van der Waals surface area contributed by atoms with Gasteiger partial charge in [-0.1, -0.05) is 27.7 Å². The Hall–Kier alpha value is -3.91. The van der Waals surface area contributed by atoms with Crippen LogP contribution >= 0.6 is 0 Å². The van der Waals surface area contributed by atoms with E-state index in [0.717, 1.165) is 0 Å². The van der Waals surface area contributed by atoms with Gasteiger partial charge in [0.15, 0.2) is 0 Å². The van der Waals surface area contributed by atoms with Crippen LogP contribution in [0.4, 0.5) is 4.79 Å². The van der Waals surface area contributed by atoms with Crippen molar-refractivity contribution in [3.8, 4) is 0 Å². The van der Waals surface area contributed by atoms with Crippen LogP contribution in [0.3, 0.4) is 0 Å². The Morgan fingerprint density at radius 1 is 0.810 bits per heavy atom. The number of urea groups is 1. The predicted octanol–water partition coefficient (Wildman–Crippen LogP) is -0.132. The van der Waals surface area contributed by atoms with Crippen LogP contribution in [0.15, 0.2) is 0 Å². The lowest BCUT2D eigenvalue weighted by molar-refractivity contribution is -0.145. The number of carbonyl (C=O) groups is 7. The molecule has 6 amide bonds. The molecule has 240 valence electrons. The molecule has 0 bridgehead atoms. The summed E-state index contributed by atoms with van der Waals surface area (Å²) in [4.78, 5) is 86.7. The number of carboxylic acids is 1. The molecule has 0 aliphatic carbocycles. The molecule has 0 aromatic rings. The molecule has 15 nitrogen and oxygen atoms in total. The Balaban J connectivity index is 5.49. The van der Waals surface area contributed by atoms with E-state index in [1.54, 1.807) is 27.9 Å². The Bertz CT molecular complexity index is 939. The van der Waals surface area contributed by atoms with E-state index in [1.165, 1.54) is 4.90 Å². The molecule has 0 unspecified atom stereocenters. The van der Waals surface area contributed by atoms with Gasteiger partial charge in [-0.15, -0.1) is 0 Å². The van der Waals surface area contributed by atoms with Crippen LogP contribution in [-0.2, 0) is 33.5 Å². The fourth-order valence-electron chi connectivity index (χ4n) is 3.58. The lowest BCUT2D eigenvalue weighted by atomic mass is 10.0. The molecule has 15 heteroatoms. The standard InChI is InChI=1S/C27H48N6O9/c1-16(2)15-42-22(36)13-12-18(30-20(34)10-7-11-21(35)33(5)6)24(37)32-23(17(3)4)25(38)31-19(26(39)40)9-8-14-29-27(28)41/h16-19,23H,7-15H2,1-6H3,(H,30,34)(H,31,38)(H,32,37)(H,39,40)(H3,28,29,41)/t18-,19-,23-/m0/s1. The third-order valence-corrected chi connectivity index (χ3v) is 5.99. The number of carbonyl (C=O) groups excluding carboxylic acids is 6. The SMILES string of the molecule is CC(C)COC(=O)CC[C@H](NC(=O)CCCC(=O)N(C)C)C(=O)N[C@H](C(=O)N[C@@H](CCCNC(N)=O)C(=O)O)C(C)C. The van der Waals surface area contributed by atoms with Gasteiger partial charge in [0.1, 0.15) is 18.1 Å². The summed E-state index contributed by atoms with van der Waals surface area (Å²) in [7, 11) is 3.20. The first-order valence-corrected chi connectivity index (χ1v) is 14.1. The monoisotopic (exact) mass is 600 g/mol. The van der Waals surface area contributed by atoms with Crippen molar-refractivity contribution < 1.29 is 43.4 Å². The van der Waals surface area contributed by atoms with E-state index in [4.69, 9.17) is 10.5 Å². The number of hydrogen-bond acceptors (Lipinski definition) is 8. The van der Waals surface area contributed by atoms with Crippen LogP contribution in [0, 0.1) is 11.8 Å². The van der Waals surface area contributed by atoms with Crippen molar-refractivity contribution in [3.05, 3.63) is 0 Å². The van der Waals surface area contributed by atoms with Crippen molar-refractivity contribution in [1.82, 2.24) is 26.2 Å². The second-order valence-electron chi connectivity index (χ2n) is 10.9. The van der Waals surface area contributed by atoms with Crippen LogP contribution < -0.4 is 27.0 Å². The maximum absolute atomic E-state index is 13.3. The minimum Gasteiger partial charge on any atom is -0.480 e. The van der Waals surface area contributed by atoms with Gasteiger partial charge < -0.3 is 41.7 Å². The maximum atomic E-state index is 13.3. The Morgan fingerprint density at radius 2 is 1.45 bits per heavy atom. The van der Waals surface area contributed by atoms with Crippen LogP contribution in [0.2, 0.25) is 0 Å². The first-order valence-electron chi connectivity index (χ1n) is 14.1. The van der Waals surface area contributed by atoms with E-state index in [0.29, 0.717) is 0 Å². The van der Waals surface area contributed by atoms with Crippen molar-refractivity contribution in [3.63, 3.8) is 0 Å². The van der Waals surface area contributed by atoms with Crippen LogP contribution in [0.1, 0.15) is 72.6 Å². The van der Waals surface area contributed by atoms with E-state index in [9.17, 15) is 38.7 Å². The van der Waals surface area contributed by atoms with E-state index >= 15 is 0 Å². The number of rotatable bonds is 20. The Kier molecular flexibility index (Phi) is 18.2. The number of carboxylic acid groups (broad SMARTS) is 1. The minimum atomic E-state index is -1.30. The lowest BCUT2D eigenvalue weighted by Gasteiger charge is -2.26. The molecule has 0 radical (unpaired) electrons. The van der Waals surface area contributed by atoms with Crippen molar-refractivity contribution >= 4 is 41.6 Å². The summed E-state index contributed by atoms with van der Waals surface area (Å²) in [5, 5.41) is 19.4. The van der Waals surface area contributed by atoms with E-state index in [-0.39, 0.29) is 69.9 Å². The van der Waals surface area contributed by atoms with Crippen LogP contribution in [0.5, 0.6) is 0 Å². The molecule has 0 aromatic heterocycles. The number of esters is 1. The molecule has 0 heterocycles. The molecule has 0 rings (SSSR count). The fraction of sp³-hybridized carbons (Fsp3) is 0.741. The number of primary amides is 1. The van der Waals surface area contributed by atoms with Crippen molar-refractivity contribution in [2.75, 3.05) is 27.2 Å². The first kappa shape index (κ1) is 38.1. The minimum absolute atomic E-state index is 0.00634. The smallest absolute Gasteiger partial charge is 0.326 e. The summed E-state index contributed by atoms with van der Waals surface area (Å²) < 4.78 is 5.15. The lowest BCUT2D eigenvalue weighted by Crippen LogP contribution is -2.57. The number of nitrogens with two attached hydrogens (primary N) is 1. The average molecular weight is 601 g/mol. The fourth-order valence-corrected chi connectivity index (χ4v) is 3.58. The highest BCUT2D eigenvalue weighted by molar-refractivity contribution is 5.93. The maximum Gasteiger partial charge on any atom is 0.326 e. The van der Waals surface area contributed by atoms with Crippen LogP contribution in [0.25, 0.3) is 0 Å². The van der Waals surface area contributed by atoms with Gasteiger partial charge in [0.25, 0.3) is 0 Å². The first-order chi connectivity index (χ1) is 19.5. The third kappa shape index (κ3) is 17.0. The second kappa shape index (κ2) is 20.0. The van der Waals surface area contributed by atoms with Gasteiger partial charge in [0.2, 0.25) is 23.6 Å². The zero-order valence-corrected chi connectivity index (χ0v) is 25.5. The molecule has 0 aliphatic rings. The summed E-state index contributed by atoms with van der Waals surface area (Å²) >= 11 is 0. The molecule has 7 N–H and O–H groups in total. The summed E-state index contributed by atoms with van der Waals surface area (Å²) in [5.74, 6) is -4.37. The largest absolute Gasteiger partial charge is 0.480 e. The molecule has 0 aromatic carbocycles. The molecular weight excluding hydrogens is 552 g/mol. The zero-order chi connectivity index (χ0) is 32.4. The molecule has 0 saturated heterocycles. The van der Waals surface area contributed by atoms with Gasteiger partial charge in [-0.2, -0.15) is 0 Å². The Morgan fingerprint density at radius 3 is 1.98 bits per heavy atom. The van der Waals surface area contributed by atoms with Gasteiger partial charge in [-0.3, -0.25) is 24.0 Å². The van der Waals surface area contributed by atoms with Gasteiger partial charge in [-0.05, 0) is 37.5 Å². The van der Waals surface area contributed by atoms with Gasteiger partial charge in [0, 0.05) is 39.9 Å². The highest BCUT2D eigenvalue weighted by Crippen LogP contribution is 2.09. The number of ether oxygens (including phenoxy) is 1. The predicted molar refractivity (Wildman–Crippen MR) is 153 cm³/mol. The number of amides is 6. The normalized spacial score (nSPS) is 13.0. The highest BCUT2D eigenvalue weighted by atomic mass is 16.5. The topological polar surface area (TPSA) is 226 Å². The van der Waals surface area contributed by atoms with Crippen molar-refractivity contribution in [2.24, 2.45) is 17.6 Å². The van der Waals surface area contributed by atoms with E-state index < -0.39 is 59.7 Å². The van der Waals surface area contributed by atoms with Crippen molar-refractivity contribution in [2.45, 2.75) is 90.8 Å². The van der Waals surface area contributed by atoms with Gasteiger partial charge in [0.05, 0.1) is 6.61 Å². The van der Waals surface area contributed by atoms with Gasteiger partial charge in [-0.25, -0.2) is 9.59 Å². The van der Waals surface area contributed by atoms with Crippen molar-refractivity contribution in [1.29, 1.82) is 0 Å². The third-order valence-electron chi connectivity index (χ3n) is 5.99. The second-order valence-corrected chi connectivity index (χ2v) is 10.9. The summed E-state index contributed by atoms with van der Waals surface area (Å²) in [6.07, 6.45) is 0.271. The summed E-state index contributed by atoms with van der Waals surface area (Å²) in [6, 6.07) is -4.40. The van der Waals surface area contributed by atoms with Crippen LogP contribution in [-0.4, -0.2) is 97.0 Å². The number of nitrogens with zero attached hydrogens (tertiary/aromatic N) is 1. The molecular formula is C27H48N6O9. The number of aliphatic carboxylic acids is 1. The summed E-state index contributed by atoms with van der Waals surface area (Å²) in [6.45, 7) is 7.35. The number of nitrogens with one attached hydrogen (secondary N) is 4. The van der Waals surface area contributed by atoms with E-state index in [2.05, 4.69) is 21.3 Å². The zero-order valence-electron chi connectivity index (χ0n) is 25.5. The molecule has 3 atom stereocenters. The van der Waals surface area contributed by atoms with E-state index in [1.807, 2.05) is 13.8 Å².